The highest BCUT2D eigenvalue weighted by Gasteiger charge is 2.64. The first-order chi connectivity index (χ1) is 23.1. The lowest BCUT2D eigenvalue weighted by atomic mass is 9.75. The fourth-order valence-corrected chi connectivity index (χ4v) is 6.35. The van der Waals surface area contributed by atoms with E-state index in [1.165, 1.54) is 22.2 Å². The summed E-state index contributed by atoms with van der Waals surface area (Å²) in [5, 5.41) is 18.6. The van der Waals surface area contributed by atoms with Crippen LogP contribution < -0.4 is 10.6 Å². The fraction of sp³-hybridized carbons (Fsp3) is 0.353. The van der Waals surface area contributed by atoms with E-state index in [1.54, 1.807) is 24.4 Å². The number of alkyl carbamates (subject to hydrolysis) is 1. The van der Waals surface area contributed by atoms with E-state index in [-0.39, 0.29) is 25.2 Å². The maximum Gasteiger partial charge on any atom is 0.411 e. The Morgan fingerprint density at radius 2 is 1.86 bits per heavy atom. The van der Waals surface area contributed by atoms with Gasteiger partial charge in [0, 0.05) is 11.8 Å². The van der Waals surface area contributed by atoms with Crippen molar-refractivity contribution in [1.82, 2.24) is 35.3 Å². The second-order valence-electron chi connectivity index (χ2n) is 13.5. The summed E-state index contributed by atoms with van der Waals surface area (Å²) in [6, 6.07) is 16.5. The minimum atomic E-state index is -4.65. The van der Waals surface area contributed by atoms with Crippen LogP contribution in [-0.4, -0.2) is 60.9 Å². The zero-order chi connectivity index (χ0) is 35.2. The van der Waals surface area contributed by atoms with Gasteiger partial charge >= 0.3 is 12.3 Å². The van der Waals surface area contributed by atoms with Gasteiger partial charge in [-0.15, -0.1) is 0 Å². The molecule has 4 aromatic rings. The molecule has 3 N–H and O–H groups in total. The van der Waals surface area contributed by atoms with Gasteiger partial charge in [0.15, 0.2) is 5.96 Å². The molecule has 2 atom stereocenters. The topological polar surface area (TPSA) is 138 Å². The third-order valence-electron chi connectivity index (χ3n) is 8.63. The highest BCUT2D eigenvalue weighted by molar-refractivity contribution is 6.32. The van der Waals surface area contributed by atoms with E-state index >= 15 is 0 Å². The predicted octanol–water partition coefficient (Wildman–Crippen LogP) is 6.54. The molecule has 0 radical (unpaired) electrons. The average molecular weight is 695 g/mol. The van der Waals surface area contributed by atoms with E-state index in [2.05, 4.69) is 20.4 Å². The lowest BCUT2D eigenvalue weighted by molar-refractivity contribution is -0.164. The fourth-order valence-electron chi connectivity index (χ4n) is 6.15. The van der Waals surface area contributed by atoms with Gasteiger partial charge in [-0.2, -0.15) is 18.3 Å². The van der Waals surface area contributed by atoms with Crippen molar-refractivity contribution in [1.29, 1.82) is 5.41 Å². The van der Waals surface area contributed by atoms with Gasteiger partial charge in [0.25, 0.3) is 5.91 Å². The zero-order valence-electron chi connectivity index (χ0n) is 26.9. The van der Waals surface area contributed by atoms with Crippen molar-refractivity contribution in [3.63, 3.8) is 0 Å². The van der Waals surface area contributed by atoms with Gasteiger partial charge in [-0.05, 0) is 60.1 Å². The summed E-state index contributed by atoms with van der Waals surface area (Å²) in [5.41, 5.74) is -1.22. The van der Waals surface area contributed by atoms with Crippen LogP contribution in [0.3, 0.4) is 0 Å². The van der Waals surface area contributed by atoms with Crippen LogP contribution in [0.5, 0.6) is 0 Å². The number of alkyl halides is 3. The number of ether oxygens (including phenoxy) is 1. The molecule has 2 aliphatic rings. The second kappa shape index (κ2) is 12.5. The van der Waals surface area contributed by atoms with Crippen molar-refractivity contribution in [3.05, 3.63) is 95.7 Å². The molecule has 2 aromatic heterocycles. The number of guanidine groups is 1. The minimum Gasteiger partial charge on any atom is -0.447 e. The number of benzene rings is 2. The number of nitrogens with zero attached hydrogens (tertiary/aromatic N) is 5. The van der Waals surface area contributed by atoms with Crippen LogP contribution in [0.25, 0.3) is 16.9 Å². The summed E-state index contributed by atoms with van der Waals surface area (Å²) in [7, 11) is 0. The summed E-state index contributed by atoms with van der Waals surface area (Å²) >= 11 is 6.48. The first-order valence-electron chi connectivity index (χ1n) is 15.5. The van der Waals surface area contributed by atoms with Crippen molar-refractivity contribution < 1.29 is 27.5 Å². The van der Waals surface area contributed by atoms with Crippen molar-refractivity contribution in [2.75, 3.05) is 6.61 Å². The lowest BCUT2D eigenvalue weighted by Gasteiger charge is -2.35. The molecule has 1 saturated carbocycles. The number of carbonyl (C=O) groups excluding carboxylic acids is 2. The first-order valence-corrected chi connectivity index (χ1v) is 15.9. The Balaban J connectivity index is 1.38. The van der Waals surface area contributed by atoms with Gasteiger partial charge in [0.2, 0.25) is 0 Å². The van der Waals surface area contributed by atoms with Gasteiger partial charge in [-0.1, -0.05) is 68.8 Å². The third kappa shape index (κ3) is 6.69. The molecular weight excluding hydrogens is 661 g/mol. The van der Waals surface area contributed by atoms with Crippen molar-refractivity contribution >= 4 is 29.6 Å². The highest BCUT2D eigenvalue weighted by atomic mass is 35.5. The zero-order valence-corrected chi connectivity index (χ0v) is 27.6. The summed E-state index contributed by atoms with van der Waals surface area (Å²) in [4.78, 5) is 37.2. The SMILES string of the molecule is CC(C)(C)C[C@]1(c2ccc(-c3ccccn3)cc2)NC(=N)N([C@H](COC(=O)NC2(C(F)(F)F)CC2)c2ccc(Cl)c(-n3cncn3)c2)C1=O. The molecule has 15 heteroatoms. The monoisotopic (exact) mass is 694 g/mol. The van der Waals surface area contributed by atoms with E-state index in [9.17, 15) is 22.8 Å². The largest absolute Gasteiger partial charge is 0.447 e. The number of amides is 2. The molecule has 0 bridgehead atoms. The van der Waals surface area contributed by atoms with E-state index in [0.717, 1.165) is 11.3 Å². The predicted molar refractivity (Wildman–Crippen MR) is 175 cm³/mol. The van der Waals surface area contributed by atoms with Gasteiger partial charge < -0.3 is 15.4 Å². The molecule has 1 aliphatic carbocycles. The number of pyridine rings is 1. The minimum absolute atomic E-state index is 0.263. The van der Waals surface area contributed by atoms with E-state index in [1.807, 2.05) is 68.6 Å². The molecule has 49 heavy (non-hydrogen) atoms. The van der Waals surface area contributed by atoms with Crippen LogP contribution in [0.4, 0.5) is 18.0 Å². The Bertz CT molecular complexity index is 1860. The van der Waals surface area contributed by atoms with Crippen LogP contribution in [0.2, 0.25) is 5.02 Å². The molecule has 2 amide bonds. The highest BCUT2D eigenvalue weighted by Crippen LogP contribution is 2.49. The Morgan fingerprint density at radius 1 is 1.12 bits per heavy atom. The summed E-state index contributed by atoms with van der Waals surface area (Å²) in [6.45, 7) is 5.35. The Kier molecular flexibility index (Phi) is 8.63. The molecule has 2 aromatic carbocycles. The van der Waals surface area contributed by atoms with Gasteiger partial charge in [-0.25, -0.2) is 14.5 Å². The Hall–Kier alpha value is -4.98. The number of nitrogens with one attached hydrogen (secondary N) is 3. The Labute approximate surface area is 285 Å². The molecule has 0 spiro atoms. The van der Waals surface area contributed by atoms with Crippen LogP contribution in [-0.2, 0) is 15.1 Å². The van der Waals surface area contributed by atoms with Crippen LogP contribution in [0.15, 0.2) is 79.5 Å². The smallest absolute Gasteiger partial charge is 0.411 e. The number of carbonyl (C=O) groups is 2. The number of aromatic nitrogens is 4. The number of hydrogen-bond acceptors (Lipinski definition) is 7. The van der Waals surface area contributed by atoms with Crippen molar-refractivity contribution in [2.24, 2.45) is 5.41 Å². The van der Waals surface area contributed by atoms with E-state index < -0.39 is 47.3 Å². The van der Waals surface area contributed by atoms with E-state index in [4.69, 9.17) is 21.7 Å². The second-order valence-corrected chi connectivity index (χ2v) is 13.9. The summed E-state index contributed by atoms with van der Waals surface area (Å²) in [5.74, 6) is -0.776. The quantitative estimate of drug-likeness (QED) is 0.181. The normalized spacial score (nSPS) is 19.4. The molecule has 0 unspecified atom stereocenters. The number of rotatable bonds is 9. The third-order valence-corrected chi connectivity index (χ3v) is 8.95. The molecule has 1 saturated heterocycles. The first kappa shape index (κ1) is 33.9. The van der Waals surface area contributed by atoms with Crippen LogP contribution in [0.1, 0.15) is 57.2 Å². The Morgan fingerprint density at radius 3 is 2.45 bits per heavy atom. The average Bonchev–Trinajstić information content (AvgIpc) is 3.55. The van der Waals surface area contributed by atoms with Gasteiger partial charge in [0.05, 0.1) is 22.4 Å². The van der Waals surface area contributed by atoms with Crippen molar-refractivity contribution in [3.8, 4) is 16.9 Å². The molecule has 256 valence electrons. The maximum atomic E-state index is 14.8. The standard InChI is InChI=1S/C34H34ClF3N8O3/c1-31(2,3)18-33(23-10-7-21(8-11-23)25-6-4-5-15-41-25)28(47)46(29(39)43-33)27(17-49-30(48)44-32(13-14-32)34(36,37)38)22-9-12-24(35)26(16-22)45-20-40-19-42-45/h4-12,15-16,19-20,27H,13-14,17-18H2,1-3H3,(H2,39,43)(H,44,48)/t27-,33-/m1/s1. The summed E-state index contributed by atoms with van der Waals surface area (Å²) in [6.07, 6.45) is -1.77. The molecule has 11 nitrogen and oxygen atoms in total. The molecule has 6 rings (SSSR count). The maximum absolute atomic E-state index is 14.8. The molecule has 3 heterocycles. The lowest BCUT2D eigenvalue weighted by Crippen LogP contribution is -2.49. The van der Waals surface area contributed by atoms with E-state index in [0.29, 0.717) is 21.8 Å². The van der Waals surface area contributed by atoms with Crippen molar-refractivity contribution in [2.45, 2.75) is 63.3 Å². The molecule has 1 aliphatic heterocycles. The summed E-state index contributed by atoms with van der Waals surface area (Å²) < 4.78 is 47.6. The molecule has 2 fully saturated rings. The molecular formula is C34H34ClF3N8O3. The van der Waals surface area contributed by atoms with Gasteiger partial charge in [0.1, 0.15) is 30.3 Å². The van der Waals surface area contributed by atoms with Crippen LogP contribution in [0, 0.1) is 10.8 Å². The van der Waals surface area contributed by atoms with Gasteiger partial charge in [-0.3, -0.25) is 20.1 Å². The number of halogens is 4. The number of hydrogen-bond donors (Lipinski definition) is 3. The van der Waals surface area contributed by atoms with Crippen LogP contribution >= 0.6 is 11.6 Å².